The quantitative estimate of drug-likeness (QED) is 0.110. The lowest BCUT2D eigenvalue weighted by atomic mass is 10.1. The van der Waals surface area contributed by atoms with E-state index >= 15 is 0 Å². The smallest absolute Gasteiger partial charge is 0.335 e. The lowest BCUT2D eigenvalue weighted by Crippen LogP contribution is -2.21. The van der Waals surface area contributed by atoms with Gasteiger partial charge in [-0.1, -0.05) is 55.3 Å². The summed E-state index contributed by atoms with van der Waals surface area (Å²) in [5.41, 5.74) is 4.99. The van der Waals surface area contributed by atoms with Crippen LogP contribution in [0.2, 0.25) is 0 Å². The first kappa shape index (κ1) is 31.7. The number of hydrogen-bond acceptors (Lipinski definition) is 7. The van der Waals surface area contributed by atoms with Crippen LogP contribution >= 0.6 is 0 Å². The molecule has 2 heterocycles. The van der Waals surface area contributed by atoms with Crippen molar-refractivity contribution in [3.63, 3.8) is 0 Å². The predicted octanol–water partition coefficient (Wildman–Crippen LogP) is 8.65. The number of fused-ring (bicyclic) bond motifs is 1. The Kier molecular flexibility index (Phi) is 9.28. The number of carbonyl (C=O) groups is 2. The number of hydrogen-bond donors (Lipinski definition) is 4. The monoisotopic (exact) mass is 641 g/mol. The third-order valence-corrected chi connectivity index (χ3v) is 7.62. The van der Waals surface area contributed by atoms with Crippen molar-refractivity contribution in [1.82, 2.24) is 19.7 Å². The normalized spacial score (nSPS) is 10.9. The van der Waals surface area contributed by atoms with Crippen molar-refractivity contribution in [1.29, 1.82) is 0 Å². The summed E-state index contributed by atoms with van der Waals surface area (Å²) in [6.45, 7) is 5.98. The van der Waals surface area contributed by atoms with Gasteiger partial charge in [-0.15, -0.1) is 0 Å². The summed E-state index contributed by atoms with van der Waals surface area (Å²) in [7, 11) is 0. The molecular formula is C37H35N7O4. The number of urea groups is 1. The summed E-state index contributed by atoms with van der Waals surface area (Å²) in [5.74, 6) is 0.613. The number of carboxylic acid groups (broad SMARTS) is 1. The molecule has 48 heavy (non-hydrogen) atoms. The molecule has 0 saturated carbocycles. The van der Waals surface area contributed by atoms with E-state index in [1.54, 1.807) is 41.2 Å². The van der Waals surface area contributed by atoms with Gasteiger partial charge in [0.05, 0.1) is 22.6 Å². The third-order valence-electron chi connectivity index (χ3n) is 7.62. The van der Waals surface area contributed by atoms with Crippen molar-refractivity contribution >= 4 is 45.9 Å². The molecule has 0 atom stereocenters. The van der Waals surface area contributed by atoms with E-state index in [0.29, 0.717) is 22.9 Å². The van der Waals surface area contributed by atoms with E-state index in [1.807, 2.05) is 68.4 Å². The van der Waals surface area contributed by atoms with Crippen molar-refractivity contribution in [2.75, 3.05) is 16.0 Å². The standard InChI is InChI=1S/C37H35N7O4/c1-4-5-8-26-22-33(44(43-26)28-13-11-23(2)12-14-28)41-37(47)40-31-15-16-32(30-10-7-6-9-29(30)31)48-34-17-18-38-36(42-34)39-27-20-24(3)19-25(21-27)35(45)46/h6-7,9-22H,4-5,8H2,1-3H3,(H,45,46)(H,38,39,42)(H2,40,41,47). The molecule has 0 bridgehead atoms. The molecule has 0 saturated heterocycles. The second kappa shape index (κ2) is 14.0. The van der Waals surface area contributed by atoms with Gasteiger partial charge in [0.25, 0.3) is 0 Å². The molecule has 4 aromatic carbocycles. The molecule has 0 aliphatic rings. The fourth-order valence-corrected chi connectivity index (χ4v) is 5.30. The van der Waals surface area contributed by atoms with Gasteiger partial charge in [-0.3, -0.25) is 5.32 Å². The zero-order valence-corrected chi connectivity index (χ0v) is 26.8. The fourth-order valence-electron chi connectivity index (χ4n) is 5.30. The van der Waals surface area contributed by atoms with Crippen LogP contribution in [0.25, 0.3) is 16.5 Å². The molecule has 0 radical (unpaired) electrons. The van der Waals surface area contributed by atoms with E-state index in [1.165, 1.54) is 6.07 Å². The lowest BCUT2D eigenvalue weighted by Gasteiger charge is -2.14. The number of carbonyl (C=O) groups excluding carboxylic acids is 1. The van der Waals surface area contributed by atoms with Crippen molar-refractivity contribution < 1.29 is 19.4 Å². The largest absolute Gasteiger partial charge is 0.478 e. The number of anilines is 4. The summed E-state index contributed by atoms with van der Waals surface area (Å²) >= 11 is 0. The molecule has 0 fully saturated rings. The highest BCUT2D eigenvalue weighted by Gasteiger charge is 2.16. The van der Waals surface area contributed by atoms with Gasteiger partial charge < -0.3 is 20.5 Å². The Morgan fingerprint density at radius 3 is 2.44 bits per heavy atom. The molecule has 0 unspecified atom stereocenters. The fraction of sp³-hybridized carbons (Fsp3) is 0.162. The van der Waals surface area contributed by atoms with Gasteiger partial charge >= 0.3 is 12.0 Å². The molecule has 11 heteroatoms. The molecule has 0 aliphatic heterocycles. The highest BCUT2D eigenvalue weighted by atomic mass is 16.5. The van der Waals surface area contributed by atoms with Crippen LogP contribution < -0.4 is 20.7 Å². The Hall–Kier alpha value is -6.23. The molecule has 6 aromatic rings. The van der Waals surface area contributed by atoms with Crippen LogP contribution in [-0.4, -0.2) is 36.9 Å². The zero-order valence-electron chi connectivity index (χ0n) is 26.8. The number of amides is 2. The summed E-state index contributed by atoms with van der Waals surface area (Å²) in [6.07, 6.45) is 4.42. The van der Waals surface area contributed by atoms with Crippen LogP contribution in [0.1, 0.15) is 46.9 Å². The topological polar surface area (TPSA) is 143 Å². The molecule has 6 rings (SSSR count). The van der Waals surface area contributed by atoms with Crippen LogP contribution in [0.4, 0.5) is 27.9 Å². The molecule has 0 aliphatic carbocycles. The maximum Gasteiger partial charge on any atom is 0.335 e. The van der Waals surface area contributed by atoms with Crippen molar-refractivity contribution in [3.8, 4) is 17.3 Å². The first-order valence-electron chi connectivity index (χ1n) is 15.6. The van der Waals surface area contributed by atoms with Crippen LogP contribution in [0.5, 0.6) is 11.6 Å². The average molecular weight is 642 g/mol. The van der Waals surface area contributed by atoms with Gasteiger partial charge in [0.2, 0.25) is 11.8 Å². The lowest BCUT2D eigenvalue weighted by molar-refractivity contribution is 0.0696. The Balaban J connectivity index is 1.21. The number of carboxylic acids is 1. The van der Waals surface area contributed by atoms with Crippen molar-refractivity contribution in [2.45, 2.75) is 40.0 Å². The molecule has 2 amide bonds. The highest BCUT2D eigenvalue weighted by molar-refractivity contribution is 6.07. The van der Waals surface area contributed by atoms with Crippen LogP contribution in [-0.2, 0) is 6.42 Å². The maximum absolute atomic E-state index is 13.4. The average Bonchev–Trinajstić information content (AvgIpc) is 3.47. The number of aryl methyl sites for hydroxylation is 3. The van der Waals surface area contributed by atoms with E-state index in [9.17, 15) is 14.7 Å². The van der Waals surface area contributed by atoms with Gasteiger partial charge in [-0.2, -0.15) is 10.1 Å². The Bertz CT molecular complexity index is 2110. The zero-order chi connectivity index (χ0) is 33.6. The van der Waals surface area contributed by atoms with Gasteiger partial charge in [-0.05, 0) is 74.7 Å². The number of ether oxygens (including phenoxy) is 1. The minimum absolute atomic E-state index is 0.160. The number of rotatable bonds is 11. The third kappa shape index (κ3) is 7.42. The van der Waals surface area contributed by atoms with E-state index in [-0.39, 0.29) is 17.4 Å². The van der Waals surface area contributed by atoms with E-state index in [2.05, 4.69) is 32.8 Å². The molecular weight excluding hydrogens is 606 g/mol. The number of aromatic carboxylic acids is 1. The van der Waals surface area contributed by atoms with Gasteiger partial charge in [0, 0.05) is 34.8 Å². The number of aromatic nitrogens is 4. The molecule has 242 valence electrons. The Labute approximate surface area is 277 Å². The second-order valence-corrected chi connectivity index (χ2v) is 11.4. The van der Waals surface area contributed by atoms with E-state index in [4.69, 9.17) is 9.84 Å². The number of nitrogens with one attached hydrogen (secondary N) is 3. The molecule has 4 N–H and O–H groups in total. The Morgan fingerprint density at radius 2 is 1.67 bits per heavy atom. The van der Waals surface area contributed by atoms with Crippen molar-refractivity contribution in [2.24, 2.45) is 0 Å². The summed E-state index contributed by atoms with van der Waals surface area (Å²) in [5, 5.41) is 24.8. The molecule has 0 spiro atoms. The summed E-state index contributed by atoms with van der Waals surface area (Å²) < 4.78 is 7.95. The first-order valence-corrected chi connectivity index (χ1v) is 15.6. The van der Waals surface area contributed by atoms with E-state index < -0.39 is 12.0 Å². The maximum atomic E-state index is 13.4. The SMILES string of the molecule is CCCCc1cc(NC(=O)Nc2ccc(Oc3ccnc(Nc4cc(C)cc(C(=O)O)c4)n3)c3ccccc23)n(-c2ccc(C)cc2)n1. The predicted molar refractivity (Wildman–Crippen MR) is 187 cm³/mol. The van der Waals surface area contributed by atoms with Crippen LogP contribution in [0.3, 0.4) is 0 Å². The van der Waals surface area contributed by atoms with Gasteiger partial charge in [-0.25, -0.2) is 19.3 Å². The van der Waals surface area contributed by atoms with Crippen molar-refractivity contribution in [3.05, 3.63) is 120 Å². The number of unbranched alkanes of at least 4 members (excludes halogenated alkanes) is 1. The molecule has 11 nitrogen and oxygen atoms in total. The molecule has 2 aromatic heterocycles. The van der Waals surface area contributed by atoms with Gasteiger partial charge in [0.15, 0.2) is 0 Å². The highest BCUT2D eigenvalue weighted by Crippen LogP contribution is 2.34. The summed E-state index contributed by atoms with van der Waals surface area (Å²) in [4.78, 5) is 33.6. The van der Waals surface area contributed by atoms with Crippen LogP contribution in [0, 0.1) is 13.8 Å². The van der Waals surface area contributed by atoms with Gasteiger partial charge in [0.1, 0.15) is 11.6 Å². The van der Waals surface area contributed by atoms with Crippen LogP contribution in [0.15, 0.2) is 97.2 Å². The minimum Gasteiger partial charge on any atom is -0.478 e. The Morgan fingerprint density at radius 1 is 0.875 bits per heavy atom. The summed E-state index contributed by atoms with van der Waals surface area (Å²) in [6, 6.07) is 27.2. The minimum atomic E-state index is -1.02. The number of nitrogens with zero attached hydrogens (tertiary/aromatic N) is 4. The van der Waals surface area contributed by atoms with E-state index in [0.717, 1.165) is 52.5 Å². The second-order valence-electron chi connectivity index (χ2n) is 11.4. The first-order chi connectivity index (χ1) is 23.2. The number of benzene rings is 4.